The smallest absolute Gasteiger partial charge is 0.191 e. The number of aliphatic hydroxyl groups is 1. The van der Waals surface area contributed by atoms with Crippen molar-refractivity contribution >= 4 is 27.7 Å². The first kappa shape index (κ1) is 18.0. The number of nitrogens with zero attached hydrogens (tertiary/aromatic N) is 3. The van der Waals surface area contributed by atoms with Gasteiger partial charge in [-0.25, -0.2) is 0 Å². The lowest BCUT2D eigenvalue weighted by molar-refractivity contribution is 0.288. The number of thioether (sulfide) groups is 1. The van der Waals surface area contributed by atoms with Crippen LogP contribution in [0.25, 0.3) is 0 Å². The van der Waals surface area contributed by atoms with Gasteiger partial charge in [-0.3, -0.25) is 4.57 Å². The maximum absolute atomic E-state index is 9.09. The Hall–Kier alpha value is -1.83. The molecule has 0 unspecified atom stereocenters. The van der Waals surface area contributed by atoms with E-state index in [4.69, 9.17) is 9.84 Å². The summed E-state index contributed by atoms with van der Waals surface area (Å²) in [7, 11) is 0. The van der Waals surface area contributed by atoms with Crippen LogP contribution in [-0.2, 0) is 13.2 Å². The van der Waals surface area contributed by atoms with Gasteiger partial charge >= 0.3 is 0 Å². The minimum Gasteiger partial charge on any atom is -0.486 e. The van der Waals surface area contributed by atoms with Crippen molar-refractivity contribution in [2.45, 2.75) is 18.3 Å². The fourth-order valence-electron chi connectivity index (χ4n) is 2.30. The van der Waals surface area contributed by atoms with Crippen LogP contribution >= 0.6 is 27.7 Å². The molecule has 3 rings (SSSR count). The van der Waals surface area contributed by atoms with Crippen LogP contribution in [0.3, 0.4) is 0 Å². The van der Waals surface area contributed by atoms with Crippen molar-refractivity contribution in [2.75, 3.05) is 12.4 Å². The minimum atomic E-state index is 0.104. The van der Waals surface area contributed by atoms with Crippen LogP contribution in [0, 0.1) is 0 Å². The van der Waals surface area contributed by atoms with Gasteiger partial charge < -0.3 is 9.84 Å². The van der Waals surface area contributed by atoms with Gasteiger partial charge in [0.1, 0.15) is 12.4 Å². The topological polar surface area (TPSA) is 60.2 Å². The molecule has 3 aromatic rings. The van der Waals surface area contributed by atoms with Gasteiger partial charge in [-0.1, -0.05) is 64.1 Å². The van der Waals surface area contributed by atoms with E-state index in [0.717, 1.165) is 26.8 Å². The Labute approximate surface area is 159 Å². The van der Waals surface area contributed by atoms with E-state index in [9.17, 15) is 0 Å². The second-order valence-corrected chi connectivity index (χ2v) is 7.27. The Morgan fingerprint density at radius 3 is 2.68 bits per heavy atom. The molecule has 0 aliphatic carbocycles. The molecule has 0 saturated heterocycles. The zero-order chi connectivity index (χ0) is 17.5. The van der Waals surface area contributed by atoms with E-state index in [1.54, 1.807) is 0 Å². The fraction of sp³-hybridized carbons (Fsp3) is 0.222. The first-order valence-electron chi connectivity index (χ1n) is 7.84. The molecule has 0 fully saturated rings. The van der Waals surface area contributed by atoms with E-state index in [1.807, 2.05) is 47.0 Å². The highest BCUT2D eigenvalue weighted by Crippen LogP contribution is 2.21. The minimum absolute atomic E-state index is 0.104. The Morgan fingerprint density at radius 2 is 1.92 bits per heavy atom. The lowest BCUT2D eigenvalue weighted by Crippen LogP contribution is -2.10. The molecule has 25 heavy (non-hydrogen) atoms. The molecule has 1 aromatic heterocycles. The van der Waals surface area contributed by atoms with Crippen LogP contribution in [-0.4, -0.2) is 32.2 Å². The number of rotatable bonds is 8. The molecule has 0 amide bonds. The molecule has 5 nitrogen and oxygen atoms in total. The van der Waals surface area contributed by atoms with E-state index in [-0.39, 0.29) is 6.61 Å². The molecule has 0 saturated carbocycles. The third kappa shape index (κ3) is 5.07. The van der Waals surface area contributed by atoms with Crippen molar-refractivity contribution in [3.05, 3.63) is 70.5 Å². The molecule has 0 aliphatic heterocycles. The summed E-state index contributed by atoms with van der Waals surface area (Å²) in [6.45, 7) is 1.10. The van der Waals surface area contributed by atoms with Gasteiger partial charge in [-0.15, -0.1) is 10.2 Å². The Morgan fingerprint density at radius 1 is 1.08 bits per heavy atom. The first-order chi connectivity index (χ1) is 12.3. The highest BCUT2D eigenvalue weighted by molar-refractivity contribution is 9.10. The van der Waals surface area contributed by atoms with Gasteiger partial charge in [0.15, 0.2) is 11.0 Å². The average Bonchev–Trinajstić information content (AvgIpc) is 3.01. The Kier molecular flexibility index (Phi) is 6.49. The molecule has 0 radical (unpaired) electrons. The van der Waals surface area contributed by atoms with E-state index in [0.29, 0.717) is 18.9 Å². The number of benzene rings is 2. The molecule has 0 aliphatic rings. The van der Waals surface area contributed by atoms with E-state index < -0.39 is 0 Å². The highest BCUT2D eigenvalue weighted by atomic mass is 79.9. The molecule has 2 aromatic carbocycles. The molecule has 1 N–H and O–H groups in total. The Balaban J connectivity index is 1.78. The Bertz CT molecular complexity index is 811. The zero-order valence-corrected chi connectivity index (χ0v) is 15.9. The quantitative estimate of drug-likeness (QED) is 0.563. The third-order valence-electron chi connectivity index (χ3n) is 3.46. The molecule has 7 heteroatoms. The maximum Gasteiger partial charge on any atom is 0.191 e. The number of aliphatic hydroxyl groups excluding tert-OH is 1. The molecule has 1 heterocycles. The van der Waals surface area contributed by atoms with Crippen LogP contribution in [0.4, 0.5) is 0 Å². The van der Waals surface area contributed by atoms with Crippen molar-refractivity contribution in [3.8, 4) is 5.75 Å². The summed E-state index contributed by atoms with van der Waals surface area (Å²) >= 11 is 4.93. The summed E-state index contributed by atoms with van der Waals surface area (Å²) in [5.74, 6) is 2.11. The maximum atomic E-state index is 9.09. The van der Waals surface area contributed by atoms with Crippen LogP contribution < -0.4 is 4.74 Å². The van der Waals surface area contributed by atoms with Crippen LogP contribution in [0.15, 0.2) is 64.2 Å². The van der Waals surface area contributed by atoms with Crippen LogP contribution in [0.2, 0.25) is 0 Å². The largest absolute Gasteiger partial charge is 0.486 e. The number of aromatic nitrogens is 3. The van der Waals surface area contributed by atoms with E-state index in [2.05, 4.69) is 38.3 Å². The van der Waals surface area contributed by atoms with E-state index in [1.165, 1.54) is 11.8 Å². The molecular formula is C18H18BrN3O2S. The van der Waals surface area contributed by atoms with Gasteiger partial charge in [0.05, 0.1) is 13.2 Å². The summed E-state index contributed by atoms with van der Waals surface area (Å²) in [4.78, 5) is 0. The molecule has 0 atom stereocenters. The average molecular weight is 420 g/mol. The number of hydrogen-bond acceptors (Lipinski definition) is 5. The molecule has 0 bridgehead atoms. The van der Waals surface area contributed by atoms with Crippen LogP contribution in [0.1, 0.15) is 11.4 Å². The summed E-state index contributed by atoms with van der Waals surface area (Å²) in [5, 5.41) is 18.4. The summed E-state index contributed by atoms with van der Waals surface area (Å²) in [6, 6.07) is 17.9. The first-order valence-corrected chi connectivity index (χ1v) is 9.62. The lowest BCUT2D eigenvalue weighted by atomic mass is 10.2. The summed E-state index contributed by atoms with van der Waals surface area (Å²) < 4.78 is 8.86. The molecule has 0 spiro atoms. The lowest BCUT2D eigenvalue weighted by Gasteiger charge is -2.11. The van der Waals surface area contributed by atoms with Gasteiger partial charge in [-0.05, 0) is 23.8 Å². The highest BCUT2D eigenvalue weighted by Gasteiger charge is 2.13. The summed E-state index contributed by atoms with van der Waals surface area (Å²) in [5.41, 5.74) is 1.16. The van der Waals surface area contributed by atoms with Crippen LogP contribution in [0.5, 0.6) is 5.75 Å². The zero-order valence-electron chi connectivity index (χ0n) is 13.5. The van der Waals surface area contributed by atoms with Gasteiger partial charge in [0.2, 0.25) is 0 Å². The van der Waals surface area contributed by atoms with Gasteiger partial charge in [0, 0.05) is 10.2 Å². The molecular weight excluding hydrogens is 402 g/mol. The predicted octanol–water partition coefficient (Wildman–Crippen LogP) is 3.75. The second-order valence-electron chi connectivity index (χ2n) is 5.29. The van der Waals surface area contributed by atoms with Crippen molar-refractivity contribution < 1.29 is 9.84 Å². The van der Waals surface area contributed by atoms with Crippen molar-refractivity contribution in [3.63, 3.8) is 0 Å². The monoisotopic (exact) mass is 419 g/mol. The standard InChI is InChI=1S/C18H18BrN3O2S/c19-15-7-4-8-16(11-15)24-13-17-20-21-18(25-10-9-23)22(17)12-14-5-2-1-3-6-14/h1-8,11,23H,9-10,12-13H2. The van der Waals surface area contributed by atoms with Gasteiger partial charge in [-0.2, -0.15) is 0 Å². The van der Waals surface area contributed by atoms with Crippen molar-refractivity contribution in [1.29, 1.82) is 0 Å². The normalized spacial score (nSPS) is 10.8. The number of halogens is 1. The predicted molar refractivity (Wildman–Crippen MR) is 102 cm³/mol. The summed E-state index contributed by atoms with van der Waals surface area (Å²) in [6.07, 6.45) is 0. The van der Waals surface area contributed by atoms with Gasteiger partial charge in [0.25, 0.3) is 0 Å². The number of ether oxygens (including phenoxy) is 1. The number of hydrogen-bond donors (Lipinski definition) is 1. The third-order valence-corrected chi connectivity index (χ3v) is 4.90. The molecule has 130 valence electrons. The van der Waals surface area contributed by atoms with Crippen molar-refractivity contribution in [1.82, 2.24) is 14.8 Å². The van der Waals surface area contributed by atoms with E-state index >= 15 is 0 Å². The van der Waals surface area contributed by atoms with Crippen molar-refractivity contribution in [2.24, 2.45) is 0 Å². The SMILES string of the molecule is OCCSc1nnc(COc2cccc(Br)c2)n1Cc1ccccc1. The fourth-order valence-corrected chi connectivity index (χ4v) is 3.38. The second kappa shape index (κ2) is 9.03.